The SMILES string of the molecule is O=C(Nc1cccc(-c2nnc(-c3ccco3)o2)c1)c1ccccc1Br. The number of amides is 1. The molecule has 2 aromatic carbocycles. The first-order chi connectivity index (χ1) is 12.7. The van der Waals surface area contributed by atoms with E-state index in [9.17, 15) is 4.79 Å². The molecule has 128 valence electrons. The summed E-state index contributed by atoms with van der Waals surface area (Å²) >= 11 is 3.38. The number of carbonyl (C=O) groups is 1. The van der Waals surface area contributed by atoms with Crippen LogP contribution in [0, 0.1) is 0 Å². The van der Waals surface area contributed by atoms with Gasteiger partial charge in [-0.05, 0) is 58.4 Å². The number of nitrogens with one attached hydrogen (secondary N) is 1. The fourth-order valence-corrected chi connectivity index (χ4v) is 2.88. The zero-order chi connectivity index (χ0) is 17.9. The van der Waals surface area contributed by atoms with E-state index in [0.717, 1.165) is 4.47 Å². The summed E-state index contributed by atoms with van der Waals surface area (Å²) in [6.07, 6.45) is 1.54. The summed E-state index contributed by atoms with van der Waals surface area (Å²) in [6.45, 7) is 0. The molecule has 0 bridgehead atoms. The molecule has 0 saturated carbocycles. The highest BCUT2D eigenvalue weighted by Gasteiger charge is 2.14. The van der Waals surface area contributed by atoms with Gasteiger partial charge in [0.15, 0.2) is 5.76 Å². The largest absolute Gasteiger partial charge is 0.459 e. The van der Waals surface area contributed by atoms with Crippen LogP contribution in [0.15, 0.2) is 80.2 Å². The first-order valence-electron chi connectivity index (χ1n) is 7.74. The van der Waals surface area contributed by atoms with Crippen molar-refractivity contribution in [3.63, 3.8) is 0 Å². The molecule has 0 fully saturated rings. The van der Waals surface area contributed by atoms with Crippen molar-refractivity contribution in [2.24, 2.45) is 0 Å². The van der Waals surface area contributed by atoms with E-state index < -0.39 is 0 Å². The molecule has 6 nitrogen and oxygen atoms in total. The van der Waals surface area contributed by atoms with E-state index in [1.807, 2.05) is 30.3 Å². The van der Waals surface area contributed by atoms with Gasteiger partial charge in [0.05, 0.1) is 11.8 Å². The number of hydrogen-bond acceptors (Lipinski definition) is 5. The van der Waals surface area contributed by atoms with Crippen LogP contribution in [0.25, 0.3) is 23.1 Å². The van der Waals surface area contributed by atoms with E-state index in [-0.39, 0.29) is 5.91 Å². The molecule has 0 saturated heterocycles. The second-order valence-corrected chi connectivity index (χ2v) is 6.26. The Balaban J connectivity index is 1.57. The van der Waals surface area contributed by atoms with E-state index in [1.54, 1.807) is 30.3 Å². The van der Waals surface area contributed by atoms with E-state index in [0.29, 0.717) is 34.4 Å². The number of benzene rings is 2. The zero-order valence-electron chi connectivity index (χ0n) is 13.3. The van der Waals surface area contributed by atoms with E-state index in [4.69, 9.17) is 8.83 Å². The Bertz CT molecular complexity index is 1060. The van der Waals surface area contributed by atoms with E-state index >= 15 is 0 Å². The Labute approximate surface area is 157 Å². The number of nitrogens with zero attached hydrogens (tertiary/aromatic N) is 2. The van der Waals surface area contributed by atoms with Crippen molar-refractivity contribution >= 4 is 27.5 Å². The minimum atomic E-state index is -0.212. The van der Waals surface area contributed by atoms with Gasteiger partial charge in [-0.2, -0.15) is 0 Å². The molecule has 0 aliphatic heterocycles. The third kappa shape index (κ3) is 3.29. The molecule has 7 heteroatoms. The third-order valence-corrected chi connectivity index (χ3v) is 4.33. The van der Waals surface area contributed by atoms with Crippen molar-refractivity contribution in [2.45, 2.75) is 0 Å². The van der Waals surface area contributed by atoms with Crippen molar-refractivity contribution in [1.82, 2.24) is 10.2 Å². The number of aromatic nitrogens is 2. The van der Waals surface area contributed by atoms with Gasteiger partial charge in [-0.3, -0.25) is 4.79 Å². The Morgan fingerprint density at radius 3 is 2.62 bits per heavy atom. The number of furan rings is 1. The number of carbonyl (C=O) groups excluding carboxylic acids is 1. The number of halogens is 1. The molecule has 4 aromatic rings. The van der Waals surface area contributed by atoms with Gasteiger partial charge in [-0.1, -0.05) is 18.2 Å². The van der Waals surface area contributed by atoms with Gasteiger partial charge in [0, 0.05) is 15.7 Å². The maximum absolute atomic E-state index is 12.4. The van der Waals surface area contributed by atoms with Crippen molar-refractivity contribution in [2.75, 3.05) is 5.32 Å². The van der Waals surface area contributed by atoms with Crippen LogP contribution >= 0.6 is 15.9 Å². The Hall–Kier alpha value is -3.19. The van der Waals surface area contributed by atoms with Crippen molar-refractivity contribution in [3.8, 4) is 23.1 Å². The van der Waals surface area contributed by atoms with Crippen LogP contribution in [-0.2, 0) is 0 Å². The minimum Gasteiger partial charge on any atom is -0.459 e. The lowest BCUT2D eigenvalue weighted by molar-refractivity contribution is 0.102. The Morgan fingerprint density at radius 2 is 1.81 bits per heavy atom. The second kappa shape index (κ2) is 6.97. The molecule has 0 aliphatic carbocycles. The summed E-state index contributed by atoms with van der Waals surface area (Å²) in [7, 11) is 0. The first kappa shape index (κ1) is 16.3. The zero-order valence-corrected chi connectivity index (χ0v) is 14.9. The summed E-state index contributed by atoms with van der Waals surface area (Å²) in [6, 6.07) is 17.9. The maximum atomic E-state index is 12.4. The van der Waals surface area contributed by atoms with Crippen molar-refractivity contribution in [3.05, 3.63) is 77.0 Å². The quantitative estimate of drug-likeness (QED) is 0.512. The van der Waals surface area contributed by atoms with Gasteiger partial charge < -0.3 is 14.2 Å². The number of rotatable bonds is 4. The third-order valence-electron chi connectivity index (χ3n) is 3.64. The van der Waals surface area contributed by atoms with E-state index in [1.165, 1.54) is 6.26 Å². The smallest absolute Gasteiger partial charge is 0.283 e. The molecule has 0 atom stereocenters. The molecule has 1 amide bonds. The summed E-state index contributed by atoms with van der Waals surface area (Å²) in [4.78, 5) is 12.4. The molecule has 2 heterocycles. The van der Waals surface area contributed by atoms with Crippen LogP contribution in [0.4, 0.5) is 5.69 Å². The molecular weight excluding hydrogens is 398 g/mol. The summed E-state index contributed by atoms with van der Waals surface area (Å²) < 4.78 is 11.6. The highest BCUT2D eigenvalue weighted by atomic mass is 79.9. The molecule has 26 heavy (non-hydrogen) atoms. The van der Waals surface area contributed by atoms with Gasteiger partial charge in [-0.15, -0.1) is 10.2 Å². The highest BCUT2D eigenvalue weighted by Crippen LogP contribution is 2.26. The molecule has 0 radical (unpaired) electrons. The summed E-state index contributed by atoms with van der Waals surface area (Å²) in [5.41, 5.74) is 1.87. The number of hydrogen-bond donors (Lipinski definition) is 1. The first-order valence-corrected chi connectivity index (χ1v) is 8.54. The molecule has 2 aromatic heterocycles. The minimum absolute atomic E-state index is 0.212. The Kier molecular flexibility index (Phi) is 4.37. The topological polar surface area (TPSA) is 81.2 Å². The van der Waals surface area contributed by atoms with Crippen LogP contribution in [0.1, 0.15) is 10.4 Å². The second-order valence-electron chi connectivity index (χ2n) is 5.40. The molecule has 0 unspecified atom stereocenters. The predicted molar refractivity (Wildman–Crippen MR) is 99.5 cm³/mol. The lowest BCUT2D eigenvalue weighted by Crippen LogP contribution is -2.12. The lowest BCUT2D eigenvalue weighted by atomic mass is 10.1. The summed E-state index contributed by atoms with van der Waals surface area (Å²) in [5, 5.41) is 10.9. The van der Waals surface area contributed by atoms with Gasteiger partial charge in [0.1, 0.15) is 0 Å². The standard InChI is InChI=1S/C19H12BrN3O3/c20-15-8-2-1-7-14(15)17(24)21-13-6-3-5-12(11-13)18-22-23-19(26-18)16-9-4-10-25-16/h1-11H,(H,21,24). The van der Waals surface area contributed by atoms with E-state index in [2.05, 4.69) is 31.4 Å². The highest BCUT2D eigenvalue weighted by molar-refractivity contribution is 9.10. The van der Waals surface area contributed by atoms with Crippen molar-refractivity contribution in [1.29, 1.82) is 0 Å². The van der Waals surface area contributed by atoms with Gasteiger partial charge >= 0.3 is 0 Å². The Morgan fingerprint density at radius 1 is 0.962 bits per heavy atom. The average Bonchev–Trinajstić information content (AvgIpc) is 3.34. The molecule has 4 rings (SSSR count). The van der Waals surface area contributed by atoms with Crippen LogP contribution in [0.2, 0.25) is 0 Å². The lowest BCUT2D eigenvalue weighted by Gasteiger charge is -2.07. The van der Waals surface area contributed by atoms with Crippen LogP contribution in [0.3, 0.4) is 0 Å². The fraction of sp³-hybridized carbons (Fsp3) is 0. The van der Waals surface area contributed by atoms with Gasteiger partial charge in [0.25, 0.3) is 11.8 Å². The molecule has 1 N–H and O–H groups in total. The van der Waals surface area contributed by atoms with Crippen LogP contribution in [0.5, 0.6) is 0 Å². The molecular formula is C19H12BrN3O3. The number of anilines is 1. The normalized spacial score (nSPS) is 10.7. The summed E-state index contributed by atoms with van der Waals surface area (Å²) in [5.74, 6) is 0.930. The van der Waals surface area contributed by atoms with Gasteiger partial charge in [0.2, 0.25) is 5.89 Å². The maximum Gasteiger partial charge on any atom is 0.283 e. The molecule has 0 aliphatic rings. The molecule has 0 spiro atoms. The van der Waals surface area contributed by atoms with Crippen LogP contribution < -0.4 is 5.32 Å². The monoisotopic (exact) mass is 409 g/mol. The van der Waals surface area contributed by atoms with Gasteiger partial charge in [-0.25, -0.2) is 0 Å². The van der Waals surface area contributed by atoms with Crippen molar-refractivity contribution < 1.29 is 13.6 Å². The van der Waals surface area contributed by atoms with Crippen LogP contribution in [-0.4, -0.2) is 16.1 Å². The predicted octanol–water partition coefficient (Wildman–Crippen LogP) is 5.01. The average molecular weight is 410 g/mol. The fourth-order valence-electron chi connectivity index (χ4n) is 2.41.